The van der Waals surface area contributed by atoms with Crippen LogP contribution in [-0.4, -0.2) is 25.0 Å². The molecule has 2 aromatic rings. The van der Waals surface area contributed by atoms with E-state index in [0.717, 1.165) is 67.6 Å². The molecule has 0 radical (unpaired) electrons. The summed E-state index contributed by atoms with van der Waals surface area (Å²) in [5.74, 6) is 0.947. The summed E-state index contributed by atoms with van der Waals surface area (Å²) in [5.41, 5.74) is 8.59. The van der Waals surface area contributed by atoms with Gasteiger partial charge < -0.3 is 20.5 Å². The van der Waals surface area contributed by atoms with E-state index in [9.17, 15) is 9.59 Å². The van der Waals surface area contributed by atoms with Crippen molar-refractivity contribution in [3.8, 4) is 11.5 Å². The van der Waals surface area contributed by atoms with Crippen molar-refractivity contribution in [2.75, 3.05) is 18.5 Å². The second-order valence-corrected chi connectivity index (χ2v) is 8.66. The SMILES string of the molecule is CCCCCC(CC(=O)Nc1cc(C(N)=O)ccc1CCCC)c1cccc2c1OCCO2. The average molecular weight is 453 g/mol. The van der Waals surface area contributed by atoms with Crippen LogP contribution < -0.4 is 20.5 Å². The molecule has 3 N–H and O–H groups in total. The first-order valence-corrected chi connectivity index (χ1v) is 12.1. The molecule has 0 fully saturated rings. The highest BCUT2D eigenvalue weighted by molar-refractivity contribution is 5.97. The zero-order valence-electron chi connectivity index (χ0n) is 19.8. The average Bonchev–Trinajstić information content (AvgIpc) is 2.82. The van der Waals surface area contributed by atoms with Crippen LogP contribution in [0.3, 0.4) is 0 Å². The molecule has 0 aromatic heterocycles. The second-order valence-electron chi connectivity index (χ2n) is 8.66. The highest BCUT2D eigenvalue weighted by Gasteiger charge is 2.24. The molecular weight excluding hydrogens is 416 g/mol. The van der Waals surface area contributed by atoms with Crippen LogP contribution in [-0.2, 0) is 11.2 Å². The zero-order valence-corrected chi connectivity index (χ0v) is 19.8. The number of unbranched alkanes of at least 4 members (excludes halogenated alkanes) is 3. The van der Waals surface area contributed by atoms with Crippen molar-refractivity contribution in [3.63, 3.8) is 0 Å². The number of carbonyl (C=O) groups is 2. The van der Waals surface area contributed by atoms with Gasteiger partial charge in [-0.25, -0.2) is 0 Å². The molecule has 33 heavy (non-hydrogen) atoms. The van der Waals surface area contributed by atoms with E-state index in [1.807, 2.05) is 24.3 Å². The van der Waals surface area contributed by atoms with Gasteiger partial charge in [0.1, 0.15) is 13.2 Å². The van der Waals surface area contributed by atoms with Gasteiger partial charge in [-0.05, 0) is 48.9 Å². The van der Waals surface area contributed by atoms with Crippen molar-refractivity contribution >= 4 is 17.5 Å². The van der Waals surface area contributed by atoms with Crippen LogP contribution in [0.4, 0.5) is 5.69 Å². The number of hydrogen-bond acceptors (Lipinski definition) is 4. The van der Waals surface area contributed by atoms with Crippen LogP contribution in [0.15, 0.2) is 36.4 Å². The van der Waals surface area contributed by atoms with Gasteiger partial charge >= 0.3 is 0 Å². The van der Waals surface area contributed by atoms with Crippen molar-refractivity contribution in [1.82, 2.24) is 0 Å². The predicted molar refractivity (Wildman–Crippen MR) is 131 cm³/mol. The molecule has 2 aromatic carbocycles. The minimum absolute atomic E-state index is 0.0200. The molecule has 2 amide bonds. The van der Waals surface area contributed by atoms with E-state index in [1.165, 1.54) is 0 Å². The standard InChI is InChI=1S/C27H36N2O4/c1-3-5-7-10-20(22-11-8-12-24-26(22)33-16-15-32-24)18-25(30)29-23-17-21(27(28)31)14-13-19(23)9-6-4-2/h8,11-14,17,20H,3-7,9-10,15-16,18H2,1-2H3,(H2,28,31)(H,29,30). The quantitative estimate of drug-likeness (QED) is 0.411. The minimum atomic E-state index is -0.502. The molecule has 3 rings (SSSR count). The van der Waals surface area contributed by atoms with Gasteiger partial charge in [-0.3, -0.25) is 9.59 Å². The zero-order chi connectivity index (χ0) is 23.6. The van der Waals surface area contributed by atoms with Crippen molar-refractivity contribution in [2.24, 2.45) is 5.73 Å². The maximum Gasteiger partial charge on any atom is 0.248 e. The van der Waals surface area contributed by atoms with Gasteiger partial charge in [0.2, 0.25) is 11.8 Å². The highest BCUT2D eigenvalue weighted by atomic mass is 16.6. The fourth-order valence-electron chi connectivity index (χ4n) is 4.28. The monoisotopic (exact) mass is 452 g/mol. The van der Waals surface area contributed by atoms with Gasteiger partial charge in [0.05, 0.1) is 0 Å². The van der Waals surface area contributed by atoms with Crippen LogP contribution in [0.5, 0.6) is 11.5 Å². The first kappa shape index (κ1) is 24.6. The van der Waals surface area contributed by atoms with Crippen LogP contribution in [0, 0.1) is 0 Å². The second kappa shape index (κ2) is 12.3. The Morgan fingerprint density at radius 2 is 1.82 bits per heavy atom. The molecule has 0 bridgehead atoms. The number of nitrogens with two attached hydrogens (primary N) is 1. The largest absolute Gasteiger partial charge is 0.486 e. The fourth-order valence-corrected chi connectivity index (χ4v) is 4.28. The van der Waals surface area contributed by atoms with E-state index < -0.39 is 5.91 Å². The van der Waals surface area contributed by atoms with Crippen molar-refractivity contribution in [1.29, 1.82) is 0 Å². The Labute approximate surface area is 196 Å². The van der Waals surface area contributed by atoms with E-state index in [4.69, 9.17) is 15.2 Å². The van der Waals surface area contributed by atoms with Crippen LogP contribution in [0.1, 0.15) is 86.2 Å². The lowest BCUT2D eigenvalue weighted by Gasteiger charge is -2.25. The number of benzene rings is 2. The normalized spacial score (nSPS) is 13.4. The van der Waals surface area contributed by atoms with Gasteiger partial charge in [-0.2, -0.15) is 0 Å². The molecule has 1 unspecified atom stereocenters. The molecule has 178 valence electrons. The topological polar surface area (TPSA) is 90.7 Å². The van der Waals surface area contributed by atoms with Gasteiger partial charge in [-0.1, -0.05) is 57.7 Å². The Kier molecular flexibility index (Phi) is 9.16. The number of fused-ring (bicyclic) bond motifs is 1. The Bertz CT molecular complexity index is 957. The van der Waals surface area contributed by atoms with Crippen molar-refractivity contribution in [2.45, 2.75) is 71.1 Å². The maximum atomic E-state index is 13.2. The summed E-state index contributed by atoms with van der Waals surface area (Å²) in [6, 6.07) is 11.2. The highest BCUT2D eigenvalue weighted by Crippen LogP contribution is 2.41. The first-order valence-electron chi connectivity index (χ1n) is 12.1. The number of carbonyl (C=O) groups excluding carboxylic acids is 2. The maximum absolute atomic E-state index is 13.2. The van der Waals surface area contributed by atoms with E-state index in [2.05, 4.69) is 19.2 Å². The summed E-state index contributed by atoms with van der Waals surface area (Å²) < 4.78 is 11.7. The summed E-state index contributed by atoms with van der Waals surface area (Å²) in [6.07, 6.45) is 7.39. The van der Waals surface area contributed by atoms with Gasteiger partial charge in [-0.15, -0.1) is 0 Å². The third-order valence-corrected chi connectivity index (χ3v) is 6.09. The molecule has 6 nitrogen and oxygen atoms in total. The number of anilines is 1. The lowest BCUT2D eigenvalue weighted by molar-refractivity contribution is -0.116. The number of ether oxygens (including phenoxy) is 2. The van der Waals surface area contributed by atoms with Crippen LogP contribution in [0.25, 0.3) is 0 Å². The Hall–Kier alpha value is -3.02. The van der Waals surface area contributed by atoms with Gasteiger partial charge in [0.25, 0.3) is 0 Å². The van der Waals surface area contributed by atoms with E-state index in [1.54, 1.807) is 12.1 Å². The molecule has 1 heterocycles. The number of hydrogen-bond donors (Lipinski definition) is 2. The minimum Gasteiger partial charge on any atom is -0.486 e. The molecule has 0 spiro atoms. The lowest BCUT2D eigenvalue weighted by Crippen LogP contribution is -2.20. The first-order chi connectivity index (χ1) is 16.0. The molecule has 0 saturated heterocycles. The third-order valence-electron chi connectivity index (χ3n) is 6.09. The Balaban J connectivity index is 1.82. The summed E-state index contributed by atoms with van der Waals surface area (Å²) in [6.45, 7) is 5.35. The Morgan fingerprint density at radius 3 is 2.58 bits per heavy atom. The summed E-state index contributed by atoms with van der Waals surface area (Å²) >= 11 is 0. The molecule has 1 aliphatic rings. The van der Waals surface area contributed by atoms with Crippen LogP contribution in [0.2, 0.25) is 0 Å². The molecule has 0 aliphatic carbocycles. The molecular formula is C27H36N2O4. The van der Waals surface area contributed by atoms with Gasteiger partial charge in [0, 0.05) is 23.2 Å². The number of para-hydroxylation sites is 1. The fraction of sp³-hybridized carbons (Fsp3) is 0.481. The number of nitrogens with one attached hydrogen (secondary N) is 1. The number of amides is 2. The predicted octanol–water partition coefficient (Wildman–Crippen LogP) is 5.59. The number of rotatable bonds is 12. The van der Waals surface area contributed by atoms with E-state index in [-0.39, 0.29) is 11.8 Å². The number of aryl methyl sites for hydroxylation is 1. The van der Waals surface area contributed by atoms with Crippen molar-refractivity contribution in [3.05, 3.63) is 53.1 Å². The van der Waals surface area contributed by atoms with Crippen LogP contribution >= 0.6 is 0 Å². The molecule has 0 saturated carbocycles. The lowest BCUT2D eigenvalue weighted by atomic mass is 9.89. The van der Waals surface area contributed by atoms with E-state index >= 15 is 0 Å². The molecule has 1 atom stereocenters. The van der Waals surface area contributed by atoms with Crippen molar-refractivity contribution < 1.29 is 19.1 Å². The van der Waals surface area contributed by atoms with E-state index in [0.29, 0.717) is 30.9 Å². The smallest absolute Gasteiger partial charge is 0.248 e. The third kappa shape index (κ3) is 6.73. The summed E-state index contributed by atoms with van der Waals surface area (Å²) in [7, 11) is 0. The van der Waals surface area contributed by atoms with Gasteiger partial charge in [0.15, 0.2) is 11.5 Å². The number of primary amides is 1. The molecule has 6 heteroatoms. The molecule has 1 aliphatic heterocycles. The summed E-state index contributed by atoms with van der Waals surface area (Å²) in [5, 5.41) is 3.07. The summed E-state index contributed by atoms with van der Waals surface area (Å²) in [4.78, 5) is 24.9. The Morgan fingerprint density at radius 1 is 1.03 bits per heavy atom.